The van der Waals surface area contributed by atoms with Crippen molar-refractivity contribution in [2.24, 2.45) is 0 Å². The van der Waals surface area contributed by atoms with Crippen molar-refractivity contribution >= 4 is 75.4 Å². The number of halogens is 3. The lowest BCUT2D eigenvalue weighted by atomic mass is 12.0. The van der Waals surface area contributed by atoms with Crippen molar-refractivity contribution in [2.75, 3.05) is 6.66 Å². The highest BCUT2D eigenvalue weighted by Gasteiger charge is 1.95. The molecule has 0 aromatic heterocycles. The number of rotatable bonds is 0. The minimum Gasteiger partial charge on any atom is -0.325 e. The Balaban J connectivity index is 0. The van der Waals surface area contributed by atoms with Gasteiger partial charge in [0.05, 0.1) is 0 Å². The van der Waals surface area contributed by atoms with Crippen LogP contribution in [0.4, 0.5) is 0 Å². The van der Waals surface area contributed by atoms with Gasteiger partial charge in [0.1, 0.15) is -0.0619 Å². The Morgan fingerprint density at radius 2 is 1.33 bits per heavy atom. The van der Waals surface area contributed by atoms with E-state index in [0.29, 0.717) is 0 Å². The first-order valence-electron chi connectivity index (χ1n) is 1.68. The van der Waals surface area contributed by atoms with E-state index in [1.54, 1.807) is 0 Å². The molecule has 0 unspecified atom stereocenters. The topological polar surface area (TPSA) is 57.5 Å². The highest BCUT2D eigenvalue weighted by Crippen LogP contribution is 2.26. The third-order valence-electron chi connectivity index (χ3n) is 0. The molecule has 7 heteroatoms. The van der Waals surface area contributed by atoms with Gasteiger partial charge in [0, 0.05) is 6.66 Å². The normalized spacial score (nSPS) is 10.6. The lowest BCUT2D eigenvalue weighted by molar-refractivity contribution is 0.381. The van der Waals surface area contributed by atoms with Crippen LogP contribution in [0, 0.1) is 0 Å². The zero-order valence-electron chi connectivity index (χ0n) is 4.46. The van der Waals surface area contributed by atoms with Crippen molar-refractivity contribution in [1.82, 2.24) is 0 Å². The summed E-state index contributed by atoms with van der Waals surface area (Å²) in [6, 6.07) is 0. The third-order valence-corrected chi connectivity index (χ3v) is 0. The summed E-state index contributed by atoms with van der Waals surface area (Å²) in [5.41, 5.74) is 0. The summed E-state index contributed by atoms with van der Waals surface area (Å²) in [7, 11) is -3.64. The lowest BCUT2D eigenvalue weighted by Gasteiger charge is -1.84. The van der Waals surface area contributed by atoms with Gasteiger partial charge >= 0.3 is 7.60 Å². The van der Waals surface area contributed by atoms with Crippen LogP contribution in [0.3, 0.4) is 0 Å². The molecule has 0 radical (unpaired) electrons. The molecule has 0 atom stereocenters. The van der Waals surface area contributed by atoms with Gasteiger partial charge in [-0.15, -0.1) is 0 Å². The zero-order chi connectivity index (χ0) is 8.08. The molecule has 0 saturated carbocycles. The molecule has 58 valence electrons. The predicted octanol–water partition coefficient (Wildman–Crippen LogP) is 2.37. The van der Waals surface area contributed by atoms with E-state index in [4.69, 9.17) is 9.79 Å². The maximum Gasteiger partial charge on any atom is 0.322 e. The molecule has 0 saturated heterocycles. The standard InChI is InChI=1S/CHI3.CH5O3P/c2-1(3)4;1-5(2,3)4/h1H;1H3,(H2,2,3,4). The van der Waals surface area contributed by atoms with Gasteiger partial charge in [-0.3, -0.25) is 4.57 Å². The van der Waals surface area contributed by atoms with Gasteiger partial charge in [0.2, 0.25) is 0 Å². The fourth-order valence-electron chi connectivity index (χ4n) is 0. The van der Waals surface area contributed by atoms with Crippen LogP contribution in [0.5, 0.6) is 0 Å². The Hall–Kier alpha value is 2.34. The SMILES string of the molecule is CP(=O)(O)O.IC(I)I. The van der Waals surface area contributed by atoms with Crippen molar-refractivity contribution in [3.05, 3.63) is 0 Å². The van der Waals surface area contributed by atoms with Crippen LogP contribution >= 0.6 is 75.4 Å². The van der Waals surface area contributed by atoms with Crippen LogP contribution in [-0.4, -0.2) is 16.4 Å². The lowest BCUT2D eigenvalue weighted by Crippen LogP contribution is -1.64. The first kappa shape index (κ1) is 13.9. The Morgan fingerprint density at radius 1 is 1.33 bits per heavy atom. The van der Waals surface area contributed by atoms with Gasteiger partial charge in [0.25, 0.3) is 0 Å². The third kappa shape index (κ3) is 131. The van der Waals surface area contributed by atoms with E-state index < -0.39 is 7.60 Å². The van der Waals surface area contributed by atoms with Gasteiger partial charge < -0.3 is 9.79 Å². The van der Waals surface area contributed by atoms with Crippen LogP contribution < -0.4 is 0 Å². The molecule has 0 rings (SSSR count). The smallest absolute Gasteiger partial charge is 0.322 e. The van der Waals surface area contributed by atoms with E-state index in [1.807, 2.05) is 0 Å². The van der Waals surface area contributed by atoms with E-state index in [2.05, 4.69) is 67.8 Å². The van der Waals surface area contributed by atoms with Crippen LogP contribution in [0.25, 0.3) is 0 Å². The van der Waals surface area contributed by atoms with Crippen molar-refractivity contribution in [3.63, 3.8) is 0 Å². The second-order valence-corrected chi connectivity index (χ2v) is 13.6. The molecular weight excluding hydrogens is 484 g/mol. The number of hydrogen-bond acceptors (Lipinski definition) is 1. The van der Waals surface area contributed by atoms with Crippen molar-refractivity contribution in [3.8, 4) is 0 Å². The average molecular weight is 490 g/mol. The summed E-state index contributed by atoms with van der Waals surface area (Å²) < 4.78 is 10.1. The molecule has 0 aliphatic rings. The molecule has 0 fully saturated rings. The fraction of sp³-hybridized carbons (Fsp3) is 1.00. The zero-order valence-corrected chi connectivity index (χ0v) is 11.8. The highest BCUT2D eigenvalue weighted by atomic mass is 127. The van der Waals surface area contributed by atoms with Crippen LogP contribution in [0.15, 0.2) is 0 Å². The summed E-state index contributed by atoms with van der Waals surface area (Å²) in [4.78, 5) is 15.3. The molecular formula is C2H6I3O3P. The summed E-state index contributed by atoms with van der Waals surface area (Å²) in [6.07, 6.45) is 0. The van der Waals surface area contributed by atoms with Crippen LogP contribution in [0.1, 0.15) is 0 Å². The first-order chi connectivity index (χ1) is 3.73. The van der Waals surface area contributed by atoms with E-state index >= 15 is 0 Å². The molecule has 0 aliphatic heterocycles. The van der Waals surface area contributed by atoms with Crippen molar-refractivity contribution in [1.29, 1.82) is 0 Å². The molecule has 3 nitrogen and oxygen atoms in total. The highest BCUT2D eigenvalue weighted by molar-refractivity contribution is 14.3. The average Bonchev–Trinajstić information content (AvgIpc) is 1.19. The monoisotopic (exact) mass is 490 g/mol. The molecule has 0 aromatic rings. The van der Waals surface area contributed by atoms with Crippen LogP contribution in [0.2, 0.25) is 0 Å². The summed E-state index contributed by atoms with van der Waals surface area (Å²) in [5, 5.41) is 0. The second kappa shape index (κ2) is 7.01. The minimum atomic E-state index is -3.64. The Bertz CT molecular complexity index is 88.2. The van der Waals surface area contributed by atoms with E-state index in [-0.39, 0.29) is 0 Å². The van der Waals surface area contributed by atoms with Gasteiger partial charge in [-0.05, 0) is 0 Å². The molecule has 0 amide bonds. The maximum atomic E-state index is 9.33. The van der Waals surface area contributed by atoms with Gasteiger partial charge in [-0.2, -0.15) is 0 Å². The van der Waals surface area contributed by atoms with E-state index in [0.717, 1.165) is 6.60 Å². The second-order valence-electron chi connectivity index (χ2n) is 1.08. The van der Waals surface area contributed by atoms with Crippen molar-refractivity contribution in [2.45, 2.75) is -0.0619 Å². The van der Waals surface area contributed by atoms with Crippen molar-refractivity contribution < 1.29 is 14.4 Å². The van der Waals surface area contributed by atoms with Gasteiger partial charge in [0.15, 0.2) is 0 Å². The first-order valence-corrected chi connectivity index (χ1v) is 7.48. The maximum absolute atomic E-state index is 9.33. The van der Waals surface area contributed by atoms with Gasteiger partial charge in [-0.1, -0.05) is 67.8 Å². The Labute approximate surface area is 94.9 Å². The summed E-state index contributed by atoms with van der Waals surface area (Å²) in [6.45, 7) is 0.854. The molecule has 0 bridgehead atoms. The molecule has 0 aromatic carbocycles. The fourth-order valence-corrected chi connectivity index (χ4v) is 0. The molecule has 0 spiro atoms. The number of alkyl halides is 3. The predicted molar refractivity (Wildman–Crippen MR) is 63.8 cm³/mol. The molecule has 2 N–H and O–H groups in total. The van der Waals surface area contributed by atoms with E-state index in [1.165, 1.54) is 0 Å². The Morgan fingerprint density at radius 3 is 1.33 bits per heavy atom. The quantitative estimate of drug-likeness (QED) is 0.312. The molecule has 0 aliphatic carbocycles. The summed E-state index contributed by atoms with van der Waals surface area (Å²) >= 11 is 6.95. The summed E-state index contributed by atoms with van der Waals surface area (Å²) in [5.74, 6) is 0. The minimum absolute atomic E-state index is 0.743. The largest absolute Gasteiger partial charge is 0.325 e. The van der Waals surface area contributed by atoms with Crippen LogP contribution in [-0.2, 0) is 4.57 Å². The van der Waals surface area contributed by atoms with Gasteiger partial charge in [-0.25, -0.2) is 0 Å². The van der Waals surface area contributed by atoms with E-state index in [9.17, 15) is 4.57 Å². The number of hydrogen-bond donors (Lipinski definition) is 2. The molecule has 9 heavy (non-hydrogen) atoms. The Kier molecular flexibility index (Phi) is 10.8. The molecule has 0 heterocycles.